The largest absolute Gasteiger partial charge is 0.0613 e. The fraction of sp³-hybridized carbons (Fsp3) is 0.185. The van der Waals surface area contributed by atoms with Gasteiger partial charge in [0.05, 0.1) is 0 Å². The summed E-state index contributed by atoms with van der Waals surface area (Å²) >= 11 is 3.55. The molecule has 0 aliphatic heterocycles. The topological polar surface area (TPSA) is 0 Å². The van der Waals surface area contributed by atoms with E-state index in [1.807, 2.05) is 0 Å². The van der Waals surface area contributed by atoms with E-state index in [2.05, 4.69) is 96.5 Å². The van der Waals surface area contributed by atoms with Gasteiger partial charge in [0.2, 0.25) is 0 Å². The van der Waals surface area contributed by atoms with Crippen molar-refractivity contribution in [1.82, 2.24) is 0 Å². The predicted octanol–water partition coefficient (Wildman–Crippen LogP) is 7.67. The lowest BCUT2D eigenvalue weighted by molar-refractivity contribution is 0.660. The van der Waals surface area contributed by atoms with Crippen molar-refractivity contribution >= 4 is 26.7 Å². The minimum absolute atomic E-state index is 0.0271. The first-order valence-electron chi connectivity index (χ1n) is 10.0. The van der Waals surface area contributed by atoms with E-state index in [1.165, 1.54) is 62.6 Å². The Morgan fingerprint density at radius 1 is 0.750 bits per heavy atom. The molecule has 4 aromatic carbocycles. The van der Waals surface area contributed by atoms with Crippen LogP contribution in [0.25, 0.3) is 33.0 Å². The minimum atomic E-state index is 0.0271. The summed E-state index contributed by atoms with van der Waals surface area (Å²) in [6.45, 7) is 4.78. The summed E-state index contributed by atoms with van der Waals surface area (Å²) in [6, 6.07) is 25.1. The smallest absolute Gasteiger partial charge is 0.0175 e. The third kappa shape index (κ3) is 2.11. The summed E-state index contributed by atoms with van der Waals surface area (Å²) in [7, 11) is 0. The molecule has 28 heavy (non-hydrogen) atoms. The van der Waals surface area contributed by atoms with Crippen LogP contribution in [0.3, 0.4) is 0 Å². The fourth-order valence-electron chi connectivity index (χ4n) is 5.36. The number of benzene rings is 4. The maximum atomic E-state index is 3.55. The van der Waals surface area contributed by atoms with Gasteiger partial charge in [-0.3, -0.25) is 0 Å². The second-order valence-electron chi connectivity index (χ2n) is 8.69. The van der Waals surface area contributed by atoms with Crippen molar-refractivity contribution in [3.05, 3.63) is 93.5 Å². The van der Waals surface area contributed by atoms with E-state index >= 15 is 0 Å². The average molecular weight is 425 g/mol. The molecular weight excluding hydrogens is 404 g/mol. The normalized spacial score (nSPS) is 15.7. The van der Waals surface area contributed by atoms with Crippen molar-refractivity contribution in [2.75, 3.05) is 0 Å². The third-order valence-electron chi connectivity index (χ3n) is 6.81. The van der Waals surface area contributed by atoms with Crippen LogP contribution in [0.4, 0.5) is 0 Å². The first kappa shape index (κ1) is 16.6. The lowest BCUT2D eigenvalue weighted by Gasteiger charge is -2.23. The molecule has 0 spiro atoms. The van der Waals surface area contributed by atoms with Crippen molar-refractivity contribution in [2.24, 2.45) is 0 Å². The molecule has 0 aromatic heterocycles. The van der Waals surface area contributed by atoms with Gasteiger partial charge in [0.25, 0.3) is 0 Å². The molecule has 0 fully saturated rings. The van der Waals surface area contributed by atoms with Crippen LogP contribution in [0, 0.1) is 0 Å². The molecule has 0 radical (unpaired) electrons. The molecule has 2 aliphatic carbocycles. The maximum absolute atomic E-state index is 3.55. The number of hydrogen-bond donors (Lipinski definition) is 0. The Hall–Kier alpha value is -2.38. The zero-order valence-electron chi connectivity index (χ0n) is 16.1. The van der Waals surface area contributed by atoms with E-state index in [4.69, 9.17) is 0 Å². The van der Waals surface area contributed by atoms with Crippen LogP contribution in [0.1, 0.15) is 36.1 Å². The van der Waals surface area contributed by atoms with E-state index in [0.29, 0.717) is 0 Å². The zero-order valence-corrected chi connectivity index (χ0v) is 17.7. The Balaban J connectivity index is 1.64. The molecule has 0 amide bonds. The van der Waals surface area contributed by atoms with E-state index < -0.39 is 0 Å². The van der Waals surface area contributed by atoms with Crippen LogP contribution in [0.15, 0.2) is 71.2 Å². The molecule has 4 aromatic rings. The standard InChI is InChI=1S/C27H21Br/c1-27(2)23-14-18(16-8-11-20(28)12-9-16)10-13-21(23)26-22-5-3-4-17-6-7-19(25(17)22)15-24(26)27/h3-5,8-15H,6-7H2,1-2H3. The highest BCUT2D eigenvalue weighted by Gasteiger charge is 2.38. The van der Waals surface area contributed by atoms with Crippen LogP contribution in [0.5, 0.6) is 0 Å². The molecular formula is C27H21Br. The molecule has 1 heteroatoms. The van der Waals surface area contributed by atoms with E-state index in [0.717, 1.165) is 4.47 Å². The van der Waals surface area contributed by atoms with Gasteiger partial charge in [0.15, 0.2) is 0 Å². The van der Waals surface area contributed by atoms with Gasteiger partial charge in [0, 0.05) is 9.89 Å². The molecule has 0 N–H and O–H groups in total. The number of hydrogen-bond acceptors (Lipinski definition) is 0. The number of fused-ring (bicyclic) bond motifs is 4. The van der Waals surface area contributed by atoms with Crippen molar-refractivity contribution in [3.8, 4) is 22.3 Å². The first-order valence-corrected chi connectivity index (χ1v) is 10.8. The third-order valence-corrected chi connectivity index (χ3v) is 7.33. The average Bonchev–Trinajstić information content (AvgIpc) is 3.21. The molecule has 0 heterocycles. The lowest BCUT2D eigenvalue weighted by atomic mass is 9.80. The Bertz CT molecular complexity index is 1280. The van der Waals surface area contributed by atoms with E-state index in [-0.39, 0.29) is 5.41 Å². The predicted molar refractivity (Wildman–Crippen MR) is 122 cm³/mol. The molecule has 0 saturated carbocycles. The Labute approximate surface area is 174 Å². The molecule has 0 saturated heterocycles. The van der Waals surface area contributed by atoms with E-state index in [1.54, 1.807) is 5.56 Å². The number of aryl methyl sites for hydroxylation is 2. The van der Waals surface area contributed by atoms with Crippen LogP contribution in [-0.2, 0) is 18.3 Å². The van der Waals surface area contributed by atoms with Crippen LogP contribution in [0.2, 0.25) is 0 Å². The van der Waals surface area contributed by atoms with Gasteiger partial charge >= 0.3 is 0 Å². The monoisotopic (exact) mass is 424 g/mol. The lowest BCUT2D eigenvalue weighted by Crippen LogP contribution is -2.15. The quantitative estimate of drug-likeness (QED) is 0.293. The second kappa shape index (κ2) is 5.58. The minimum Gasteiger partial charge on any atom is -0.0613 e. The van der Waals surface area contributed by atoms with Crippen molar-refractivity contribution in [1.29, 1.82) is 0 Å². The summed E-state index contributed by atoms with van der Waals surface area (Å²) in [4.78, 5) is 0. The van der Waals surface area contributed by atoms with Gasteiger partial charge < -0.3 is 0 Å². The number of rotatable bonds is 1. The molecule has 0 unspecified atom stereocenters. The molecule has 0 bridgehead atoms. The maximum Gasteiger partial charge on any atom is 0.0175 e. The first-order chi connectivity index (χ1) is 13.5. The second-order valence-corrected chi connectivity index (χ2v) is 9.61. The van der Waals surface area contributed by atoms with Gasteiger partial charge in [-0.1, -0.05) is 78.3 Å². The van der Waals surface area contributed by atoms with Crippen molar-refractivity contribution in [2.45, 2.75) is 32.1 Å². The highest BCUT2D eigenvalue weighted by atomic mass is 79.9. The molecule has 0 nitrogen and oxygen atoms in total. The van der Waals surface area contributed by atoms with Crippen LogP contribution >= 0.6 is 15.9 Å². The van der Waals surface area contributed by atoms with Gasteiger partial charge in [-0.05, 0) is 86.3 Å². The Morgan fingerprint density at radius 2 is 1.50 bits per heavy atom. The van der Waals surface area contributed by atoms with Crippen LogP contribution < -0.4 is 0 Å². The van der Waals surface area contributed by atoms with Gasteiger partial charge in [0.1, 0.15) is 0 Å². The van der Waals surface area contributed by atoms with Gasteiger partial charge in [-0.2, -0.15) is 0 Å². The van der Waals surface area contributed by atoms with E-state index in [9.17, 15) is 0 Å². The van der Waals surface area contributed by atoms with Gasteiger partial charge in [-0.25, -0.2) is 0 Å². The summed E-state index contributed by atoms with van der Waals surface area (Å²) < 4.78 is 1.12. The summed E-state index contributed by atoms with van der Waals surface area (Å²) in [5, 5.41) is 2.97. The highest BCUT2D eigenvalue weighted by Crippen LogP contribution is 2.53. The molecule has 136 valence electrons. The Kier molecular flexibility index (Phi) is 3.30. The molecule has 6 rings (SSSR count). The zero-order chi connectivity index (χ0) is 19.0. The van der Waals surface area contributed by atoms with Crippen molar-refractivity contribution < 1.29 is 0 Å². The van der Waals surface area contributed by atoms with Crippen LogP contribution in [-0.4, -0.2) is 0 Å². The SMILES string of the molecule is CC1(C)c2cc(-c3ccc(Br)cc3)ccc2-c2c1cc1c3c(cccc23)CC1. The summed E-state index contributed by atoms with van der Waals surface area (Å²) in [6.07, 6.45) is 2.37. The number of halogens is 1. The van der Waals surface area contributed by atoms with Gasteiger partial charge in [-0.15, -0.1) is 0 Å². The van der Waals surface area contributed by atoms with Crippen molar-refractivity contribution in [3.63, 3.8) is 0 Å². The Morgan fingerprint density at radius 3 is 2.32 bits per heavy atom. The fourth-order valence-corrected chi connectivity index (χ4v) is 5.62. The molecule has 0 atom stereocenters. The molecule has 2 aliphatic rings. The summed E-state index contributed by atoms with van der Waals surface area (Å²) in [5.41, 5.74) is 11.5. The highest BCUT2D eigenvalue weighted by molar-refractivity contribution is 9.10. The summed E-state index contributed by atoms with van der Waals surface area (Å²) in [5.74, 6) is 0.